The fourth-order valence-electron chi connectivity index (χ4n) is 5.24. The molecule has 0 spiro atoms. The van der Waals surface area contributed by atoms with Crippen molar-refractivity contribution in [1.82, 2.24) is 10.2 Å². The Morgan fingerprint density at radius 2 is 1.36 bits per heavy atom. The number of nitrogens with one attached hydrogen (secondary N) is 1. The molecule has 236 valence electrons. The van der Waals surface area contributed by atoms with Gasteiger partial charge in [0.1, 0.15) is 12.6 Å². The van der Waals surface area contributed by atoms with Gasteiger partial charge in [0.05, 0.1) is 10.6 Å². The summed E-state index contributed by atoms with van der Waals surface area (Å²) in [5, 5.41) is 3.06. The first-order valence-corrected chi connectivity index (χ1v) is 16.5. The van der Waals surface area contributed by atoms with Crippen LogP contribution in [0.15, 0.2) is 108 Å². The van der Waals surface area contributed by atoms with Gasteiger partial charge in [-0.05, 0) is 82.0 Å². The Labute approximate surface area is 268 Å². The molecule has 0 bridgehead atoms. The van der Waals surface area contributed by atoms with Crippen molar-refractivity contribution in [2.75, 3.05) is 10.8 Å². The van der Waals surface area contributed by atoms with E-state index in [1.54, 1.807) is 24.3 Å². The van der Waals surface area contributed by atoms with Crippen LogP contribution in [0.3, 0.4) is 0 Å². The highest BCUT2D eigenvalue weighted by Crippen LogP contribution is 2.29. The predicted molar refractivity (Wildman–Crippen MR) is 180 cm³/mol. The second kappa shape index (κ2) is 14.1. The zero-order valence-electron chi connectivity index (χ0n) is 26.9. The second-order valence-corrected chi connectivity index (χ2v) is 14.4. The van der Waals surface area contributed by atoms with Gasteiger partial charge < -0.3 is 10.2 Å². The van der Waals surface area contributed by atoms with Crippen molar-refractivity contribution in [2.45, 2.75) is 71.0 Å². The van der Waals surface area contributed by atoms with E-state index in [-0.39, 0.29) is 23.8 Å². The zero-order chi connectivity index (χ0) is 32.8. The molecule has 0 aliphatic heterocycles. The van der Waals surface area contributed by atoms with Gasteiger partial charge in [0.2, 0.25) is 11.8 Å². The molecule has 4 aromatic rings. The minimum atomic E-state index is -4.15. The SMILES string of the molecule is Cc1cccc(CN(C(=O)CN(c2cc(C)ccc2C)S(=O)(=O)c2ccccc2)C(Cc2ccccc2)C(=O)NC(C)(C)C)c1. The van der Waals surface area contributed by atoms with Gasteiger partial charge in [-0.1, -0.05) is 90.5 Å². The number of aryl methyl sites for hydroxylation is 3. The first-order valence-electron chi connectivity index (χ1n) is 15.1. The van der Waals surface area contributed by atoms with E-state index in [9.17, 15) is 18.0 Å². The number of anilines is 1. The summed E-state index contributed by atoms with van der Waals surface area (Å²) in [6, 6.07) is 30.1. The minimum Gasteiger partial charge on any atom is -0.350 e. The summed E-state index contributed by atoms with van der Waals surface area (Å²) in [4.78, 5) is 30.2. The van der Waals surface area contributed by atoms with Crippen molar-refractivity contribution in [3.63, 3.8) is 0 Å². The monoisotopic (exact) mass is 625 g/mol. The highest BCUT2D eigenvalue weighted by atomic mass is 32.2. The molecule has 4 aromatic carbocycles. The quantitative estimate of drug-likeness (QED) is 0.210. The predicted octanol–water partition coefficient (Wildman–Crippen LogP) is 6.36. The number of nitrogens with zero attached hydrogens (tertiary/aromatic N) is 2. The van der Waals surface area contributed by atoms with Crippen LogP contribution in [-0.2, 0) is 32.6 Å². The van der Waals surface area contributed by atoms with E-state index in [0.717, 1.165) is 22.3 Å². The van der Waals surface area contributed by atoms with Crippen molar-refractivity contribution in [3.8, 4) is 0 Å². The molecule has 0 aliphatic rings. The van der Waals surface area contributed by atoms with Gasteiger partial charge in [-0.15, -0.1) is 0 Å². The lowest BCUT2D eigenvalue weighted by Crippen LogP contribution is -2.56. The number of carbonyl (C=O) groups excluding carboxylic acids is 2. The van der Waals surface area contributed by atoms with Gasteiger partial charge in [0.15, 0.2) is 0 Å². The van der Waals surface area contributed by atoms with E-state index >= 15 is 0 Å². The van der Waals surface area contributed by atoms with E-state index in [1.807, 2.05) is 108 Å². The van der Waals surface area contributed by atoms with E-state index in [1.165, 1.54) is 21.3 Å². The number of rotatable bonds is 11. The molecule has 1 N–H and O–H groups in total. The van der Waals surface area contributed by atoms with Crippen molar-refractivity contribution < 1.29 is 18.0 Å². The van der Waals surface area contributed by atoms with Crippen molar-refractivity contribution in [1.29, 1.82) is 0 Å². The molecule has 2 amide bonds. The molecule has 0 radical (unpaired) electrons. The highest BCUT2D eigenvalue weighted by molar-refractivity contribution is 7.92. The second-order valence-electron chi connectivity index (χ2n) is 12.6. The molecule has 7 nitrogen and oxygen atoms in total. The fourth-order valence-corrected chi connectivity index (χ4v) is 6.73. The van der Waals surface area contributed by atoms with E-state index < -0.39 is 34.1 Å². The van der Waals surface area contributed by atoms with Gasteiger partial charge >= 0.3 is 0 Å². The minimum absolute atomic E-state index is 0.0789. The van der Waals surface area contributed by atoms with E-state index in [0.29, 0.717) is 11.3 Å². The molecule has 45 heavy (non-hydrogen) atoms. The lowest BCUT2D eigenvalue weighted by Gasteiger charge is -2.35. The maximum Gasteiger partial charge on any atom is 0.264 e. The summed E-state index contributed by atoms with van der Waals surface area (Å²) in [6.07, 6.45) is 0.259. The molecule has 8 heteroatoms. The van der Waals surface area contributed by atoms with Crippen LogP contribution >= 0.6 is 0 Å². The molecule has 0 saturated heterocycles. The number of amides is 2. The number of hydrogen-bond acceptors (Lipinski definition) is 4. The molecule has 0 saturated carbocycles. The van der Waals surface area contributed by atoms with Gasteiger partial charge in [-0.3, -0.25) is 13.9 Å². The zero-order valence-corrected chi connectivity index (χ0v) is 27.8. The van der Waals surface area contributed by atoms with E-state index in [4.69, 9.17) is 0 Å². The average Bonchev–Trinajstić information content (AvgIpc) is 2.99. The molecule has 0 heterocycles. The molecular weight excluding hydrogens is 582 g/mol. The summed E-state index contributed by atoms with van der Waals surface area (Å²) < 4.78 is 29.6. The smallest absolute Gasteiger partial charge is 0.264 e. The molecule has 0 aromatic heterocycles. The Balaban J connectivity index is 1.84. The van der Waals surface area contributed by atoms with Crippen LogP contribution in [0.4, 0.5) is 5.69 Å². The summed E-state index contributed by atoms with van der Waals surface area (Å²) in [5.74, 6) is -0.793. The average molecular weight is 626 g/mol. The van der Waals surface area contributed by atoms with Gasteiger partial charge in [-0.2, -0.15) is 0 Å². The first kappa shape index (κ1) is 33.5. The number of benzene rings is 4. The van der Waals surface area contributed by atoms with Crippen LogP contribution in [0.5, 0.6) is 0 Å². The van der Waals surface area contributed by atoms with Gasteiger partial charge in [-0.25, -0.2) is 8.42 Å². The van der Waals surface area contributed by atoms with Crippen LogP contribution in [0.25, 0.3) is 0 Å². The molecule has 4 rings (SSSR count). The normalized spacial score (nSPS) is 12.3. The Hall–Kier alpha value is -4.43. The topological polar surface area (TPSA) is 86.8 Å². The third-order valence-corrected chi connectivity index (χ3v) is 9.22. The largest absolute Gasteiger partial charge is 0.350 e. The lowest BCUT2D eigenvalue weighted by atomic mass is 10.0. The van der Waals surface area contributed by atoms with Gasteiger partial charge in [0.25, 0.3) is 10.0 Å². The van der Waals surface area contributed by atoms with Crippen LogP contribution in [0.2, 0.25) is 0 Å². The van der Waals surface area contributed by atoms with E-state index in [2.05, 4.69) is 5.32 Å². The maximum absolute atomic E-state index is 14.6. The van der Waals surface area contributed by atoms with Crippen molar-refractivity contribution in [2.24, 2.45) is 0 Å². The van der Waals surface area contributed by atoms with Crippen LogP contribution in [0.1, 0.15) is 48.6 Å². The number of hydrogen-bond donors (Lipinski definition) is 1. The summed E-state index contributed by atoms with van der Waals surface area (Å²) >= 11 is 0. The maximum atomic E-state index is 14.6. The molecule has 1 atom stereocenters. The Morgan fingerprint density at radius 1 is 0.756 bits per heavy atom. The Bertz CT molecular complexity index is 1730. The Morgan fingerprint density at radius 3 is 1.98 bits per heavy atom. The Kier molecular flexibility index (Phi) is 10.5. The van der Waals surface area contributed by atoms with Crippen molar-refractivity contribution >= 4 is 27.5 Å². The first-order chi connectivity index (χ1) is 21.2. The third-order valence-electron chi connectivity index (χ3n) is 7.45. The molecule has 1 unspecified atom stereocenters. The highest BCUT2D eigenvalue weighted by Gasteiger charge is 2.36. The van der Waals surface area contributed by atoms with Crippen LogP contribution in [0, 0.1) is 20.8 Å². The number of carbonyl (C=O) groups is 2. The number of sulfonamides is 1. The molecular formula is C37H43N3O4S. The van der Waals surface area contributed by atoms with Crippen LogP contribution in [-0.4, -0.2) is 43.3 Å². The molecule has 0 fully saturated rings. The standard InChI is InChI=1S/C37H43N3O4S/c1-27-14-13-17-31(22-27)25-39(34(36(42)38-37(4,5)6)24-30-15-9-7-10-16-30)35(41)26-40(33-23-28(2)20-21-29(33)3)45(43,44)32-18-11-8-12-19-32/h7-23,34H,24-26H2,1-6H3,(H,38,42). The fraction of sp³-hybridized carbons (Fsp3) is 0.297. The summed E-state index contributed by atoms with van der Waals surface area (Å²) in [7, 11) is -4.15. The van der Waals surface area contributed by atoms with Crippen LogP contribution < -0.4 is 9.62 Å². The summed E-state index contributed by atoms with van der Waals surface area (Å²) in [6.45, 7) is 11.0. The molecule has 0 aliphatic carbocycles. The van der Waals surface area contributed by atoms with Gasteiger partial charge in [0, 0.05) is 18.5 Å². The lowest BCUT2D eigenvalue weighted by molar-refractivity contribution is -0.140. The third kappa shape index (κ3) is 8.82. The summed E-state index contributed by atoms with van der Waals surface area (Å²) in [5.41, 5.74) is 4.18. The van der Waals surface area contributed by atoms with Crippen molar-refractivity contribution in [3.05, 3.63) is 131 Å².